The maximum Gasteiger partial charge on any atom is 0.416 e. The third kappa shape index (κ3) is 7.72. The second kappa shape index (κ2) is 11.9. The molecule has 0 aliphatic carbocycles. The summed E-state index contributed by atoms with van der Waals surface area (Å²) in [5.74, 6) is 0.197. The van der Waals surface area contributed by atoms with Crippen molar-refractivity contribution in [1.82, 2.24) is 4.90 Å². The van der Waals surface area contributed by atoms with Gasteiger partial charge in [0.05, 0.1) is 12.2 Å². The monoisotopic (exact) mass is 523 g/mol. The number of hydrogen-bond acceptors (Lipinski definition) is 6. The number of methoxy groups -OCH3 is 1. The van der Waals surface area contributed by atoms with E-state index < -0.39 is 26.8 Å². The van der Waals surface area contributed by atoms with Crippen LogP contribution in [0.2, 0.25) is 0 Å². The van der Waals surface area contributed by atoms with Crippen molar-refractivity contribution < 1.29 is 40.0 Å². The Morgan fingerprint density at radius 1 is 0.917 bits per heavy atom. The molecule has 1 amide bonds. The van der Waals surface area contributed by atoms with Gasteiger partial charge in [-0.3, -0.25) is 4.79 Å². The number of halogens is 3. The lowest BCUT2D eigenvalue weighted by molar-refractivity contribution is -0.137. The molecule has 0 aromatic heterocycles. The van der Waals surface area contributed by atoms with Crippen molar-refractivity contribution in [2.45, 2.75) is 17.6 Å². The zero-order valence-electron chi connectivity index (χ0n) is 19.3. The van der Waals surface area contributed by atoms with Crippen molar-refractivity contribution in [1.29, 1.82) is 0 Å². The van der Waals surface area contributed by atoms with Crippen LogP contribution in [0.4, 0.5) is 13.2 Å². The Kier molecular flexibility index (Phi) is 8.94. The zero-order valence-corrected chi connectivity index (χ0v) is 20.1. The van der Waals surface area contributed by atoms with Crippen LogP contribution >= 0.6 is 0 Å². The van der Waals surface area contributed by atoms with Crippen molar-refractivity contribution in [3.63, 3.8) is 0 Å². The fourth-order valence-electron chi connectivity index (χ4n) is 3.12. The van der Waals surface area contributed by atoms with Gasteiger partial charge >= 0.3 is 16.3 Å². The molecule has 0 spiro atoms. The summed E-state index contributed by atoms with van der Waals surface area (Å²) in [4.78, 5) is 13.6. The van der Waals surface area contributed by atoms with Gasteiger partial charge in [-0.15, -0.1) is 0 Å². The average molecular weight is 524 g/mol. The quantitative estimate of drug-likeness (QED) is 0.344. The Morgan fingerprint density at radius 2 is 1.61 bits per heavy atom. The molecule has 0 radical (unpaired) electrons. The molecular formula is C25H24F3NO6S. The molecule has 0 saturated heterocycles. The van der Waals surface area contributed by atoms with E-state index in [1.165, 1.54) is 24.1 Å². The standard InChI is InChI=1S/C25H24F3NO6S/c1-33-15-14-29(24(30)18-34-21-7-3-2-4-8-21)17-19-10-12-22(13-11-19)35-36(31,32)23-9-5-6-20(16-23)25(26,27)28/h2-13,16H,14-15,17-18H2,1H3. The third-order valence-corrected chi connectivity index (χ3v) is 6.22. The molecular weight excluding hydrogens is 499 g/mol. The molecule has 3 aromatic carbocycles. The molecule has 0 heterocycles. The Morgan fingerprint density at radius 3 is 2.25 bits per heavy atom. The second-order valence-electron chi connectivity index (χ2n) is 7.62. The van der Waals surface area contributed by atoms with Crippen LogP contribution in [0.15, 0.2) is 83.8 Å². The summed E-state index contributed by atoms with van der Waals surface area (Å²) < 4.78 is 79.3. The lowest BCUT2D eigenvalue weighted by Crippen LogP contribution is -2.36. The highest BCUT2D eigenvalue weighted by atomic mass is 32.2. The number of ether oxygens (including phenoxy) is 2. The van der Waals surface area contributed by atoms with E-state index in [0.717, 1.165) is 18.2 Å². The van der Waals surface area contributed by atoms with E-state index in [-0.39, 0.29) is 24.8 Å². The Labute approximate surface area is 207 Å². The van der Waals surface area contributed by atoms with Crippen molar-refractivity contribution in [2.75, 3.05) is 26.9 Å². The summed E-state index contributed by atoms with van der Waals surface area (Å²) in [6.45, 7) is 0.619. The molecule has 7 nitrogen and oxygen atoms in total. The minimum atomic E-state index is -4.69. The predicted octanol–water partition coefficient (Wildman–Crippen LogP) is 4.53. The van der Waals surface area contributed by atoms with Gasteiger partial charge in [0, 0.05) is 20.2 Å². The molecule has 11 heteroatoms. The summed E-state index contributed by atoms with van der Waals surface area (Å²) in [7, 11) is -2.97. The topological polar surface area (TPSA) is 82.1 Å². The number of nitrogens with zero attached hydrogens (tertiary/aromatic N) is 1. The number of amides is 1. The van der Waals surface area contributed by atoms with Gasteiger partial charge < -0.3 is 18.6 Å². The van der Waals surface area contributed by atoms with E-state index >= 15 is 0 Å². The summed E-state index contributed by atoms with van der Waals surface area (Å²) in [6, 6.07) is 18.0. The van der Waals surface area contributed by atoms with Crippen LogP contribution in [0.3, 0.4) is 0 Å². The zero-order chi connectivity index (χ0) is 26.2. The van der Waals surface area contributed by atoms with Gasteiger partial charge in [-0.1, -0.05) is 36.4 Å². The highest BCUT2D eigenvalue weighted by Gasteiger charge is 2.32. The molecule has 0 saturated carbocycles. The van der Waals surface area contributed by atoms with Crippen molar-refractivity contribution in [2.24, 2.45) is 0 Å². The van der Waals surface area contributed by atoms with E-state index in [1.807, 2.05) is 6.07 Å². The highest BCUT2D eigenvalue weighted by molar-refractivity contribution is 7.87. The third-order valence-electron chi connectivity index (χ3n) is 4.98. The minimum Gasteiger partial charge on any atom is -0.484 e. The lowest BCUT2D eigenvalue weighted by Gasteiger charge is -2.23. The average Bonchev–Trinajstić information content (AvgIpc) is 2.86. The van der Waals surface area contributed by atoms with Gasteiger partial charge in [-0.25, -0.2) is 0 Å². The first-order valence-electron chi connectivity index (χ1n) is 10.7. The fraction of sp³-hybridized carbons (Fsp3) is 0.240. The fourth-order valence-corrected chi connectivity index (χ4v) is 4.10. The normalized spacial score (nSPS) is 11.7. The molecule has 0 unspecified atom stereocenters. The minimum absolute atomic E-state index is 0.0849. The second-order valence-corrected chi connectivity index (χ2v) is 9.16. The Hall–Kier alpha value is -3.57. The predicted molar refractivity (Wildman–Crippen MR) is 125 cm³/mol. The van der Waals surface area contributed by atoms with Gasteiger partial charge in [0.25, 0.3) is 5.91 Å². The maximum absolute atomic E-state index is 12.9. The van der Waals surface area contributed by atoms with Gasteiger partial charge in [-0.05, 0) is 48.0 Å². The highest BCUT2D eigenvalue weighted by Crippen LogP contribution is 2.31. The molecule has 192 valence electrons. The first-order chi connectivity index (χ1) is 17.1. The summed E-state index contributed by atoms with van der Waals surface area (Å²) in [5, 5.41) is 0. The summed E-state index contributed by atoms with van der Waals surface area (Å²) in [6.07, 6.45) is -4.69. The molecule has 0 atom stereocenters. The first-order valence-corrected chi connectivity index (χ1v) is 12.1. The van der Waals surface area contributed by atoms with Crippen LogP contribution in [-0.2, 0) is 32.4 Å². The molecule has 0 fully saturated rings. The van der Waals surface area contributed by atoms with Crippen molar-refractivity contribution in [3.05, 3.63) is 90.0 Å². The van der Waals surface area contributed by atoms with Gasteiger partial charge in [-0.2, -0.15) is 21.6 Å². The van der Waals surface area contributed by atoms with Crippen LogP contribution in [0.5, 0.6) is 11.5 Å². The maximum atomic E-state index is 12.9. The largest absolute Gasteiger partial charge is 0.484 e. The number of hydrogen-bond donors (Lipinski definition) is 0. The van der Waals surface area contributed by atoms with Crippen LogP contribution in [-0.4, -0.2) is 46.1 Å². The number of carbonyl (C=O) groups is 1. The molecule has 0 N–H and O–H groups in total. The van der Waals surface area contributed by atoms with Crippen LogP contribution < -0.4 is 8.92 Å². The van der Waals surface area contributed by atoms with Crippen molar-refractivity contribution >= 4 is 16.0 Å². The summed E-state index contributed by atoms with van der Waals surface area (Å²) >= 11 is 0. The van der Waals surface area contributed by atoms with E-state index in [9.17, 15) is 26.4 Å². The van der Waals surface area contributed by atoms with E-state index in [4.69, 9.17) is 13.7 Å². The van der Waals surface area contributed by atoms with Crippen LogP contribution in [0.25, 0.3) is 0 Å². The summed E-state index contributed by atoms with van der Waals surface area (Å²) in [5.41, 5.74) is -0.428. The van der Waals surface area contributed by atoms with Crippen LogP contribution in [0, 0.1) is 0 Å². The lowest BCUT2D eigenvalue weighted by atomic mass is 10.2. The van der Waals surface area contributed by atoms with E-state index in [2.05, 4.69) is 0 Å². The molecule has 0 bridgehead atoms. The molecule has 0 aliphatic heterocycles. The number of rotatable bonds is 11. The van der Waals surface area contributed by atoms with Gasteiger partial charge in [0.1, 0.15) is 16.4 Å². The number of para-hydroxylation sites is 1. The molecule has 36 heavy (non-hydrogen) atoms. The van der Waals surface area contributed by atoms with Crippen LogP contribution in [0.1, 0.15) is 11.1 Å². The molecule has 3 aromatic rings. The number of alkyl halides is 3. The Balaban J connectivity index is 1.66. The Bertz CT molecular complexity index is 1250. The van der Waals surface area contributed by atoms with Gasteiger partial charge in [0.2, 0.25) is 0 Å². The van der Waals surface area contributed by atoms with Crippen molar-refractivity contribution in [3.8, 4) is 11.5 Å². The smallest absolute Gasteiger partial charge is 0.416 e. The molecule has 3 rings (SSSR count). The SMILES string of the molecule is COCCN(Cc1ccc(OS(=O)(=O)c2cccc(C(F)(F)F)c2)cc1)C(=O)COc1ccccc1. The number of benzene rings is 3. The first kappa shape index (κ1) is 27.0. The van der Waals surface area contributed by atoms with E-state index in [0.29, 0.717) is 30.5 Å². The number of carbonyl (C=O) groups excluding carboxylic acids is 1. The molecule has 0 aliphatic rings. The van der Waals surface area contributed by atoms with E-state index in [1.54, 1.807) is 36.4 Å². The van der Waals surface area contributed by atoms with Gasteiger partial charge in [0.15, 0.2) is 6.61 Å².